The Labute approximate surface area is 110 Å². The first-order chi connectivity index (χ1) is 8.09. The van der Waals surface area contributed by atoms with Crippen LogP contribution in [0, 0.1) is 0 Å². The first-order valence-corrected chi connectivity index (χ1v) is 6.27. The Hall–Kier alpha value is -0.770. The molecule has 2 rings (SSSR count). The second-order valence-corrected chi connectivity index (χ2v) is 4.99. The van der Waals surface area contributed by atoms with Crippen LogP contribution in [-0.4, -0.2) is 29.1 Å². The van der Waals surface area contributed by atoms with Gasteiger partial charge in [-0.05, 0) is 43.6 Å². The van der Waals surface area contributed by atoms with Crippen LogP contribution in [0.2, 0.25) is 10.0 Å². The van der Waals surface area contributed by atoms with Crippen molar-refractivity contribution in [2.75, 3.05) is 13.1 Å². The summed E-state index contributed by atoms with van der Waals surface area (Å²) in [5, 5.41) is 10.3. The van der Waals surface area contributed by atoms with Gasteiger partial charge in [-0.2, -0.15) is 0 Å². The van der Waals surface area contributed by atoms with E-state index in [1.807, 2.05) is 4.90 Å². The Morgan fingerprint density at radius 2 is 1.94 bits per heavy atom. The average molecular weight is 274 g/mol. The fourth-order valence-corrected chi connectivity index (χ4v) is 2.72. The summed E-state index contributed by atoms with van der Waals surface area (Å²) in [6.07, 6.45) is 2.07. The zero-order chi connectivity index (χ0) is 12.4. The molecule has 1 aliphatic rings. The number of halogens is 2. The SMILES string of the molecule is O=C(O)[C@H](c1ccc(Cl)cc1Cl)N1CCCC1. The molecule has 1 aliphatic heterocycles. The molecule has 0 amide bonds. The zero-order valence-corrected chi connectivity index (χ0v) is 10.7. The minimum absolute atomic E-state index is 0.414. The van der Waals surface area contributed by atoms with Crippen molar-refractivity contribution in [1.82, 2.24) is 4.90 Å². The van der Waals surface area contributed by atoms with Gasteiger partial charge in [0.15, 0.2) is 0 Å². The Morgan fingerprint density at radius 1 is 1.29 bits per heavy atom. The molecule has 1 atom stereocenters. The minimum Gasteiger partial charge on any atom is -0.480 e. The molecule has 5 heteroatoms. The van der Waals surface area contributed by atoms with E-state index in [9.17, 15) is 9.90 Å². The van der Waals surface area contributed by atoms with Gasteiger partial charge in [-0.25, -0.2) is 0 Å². The largest absolute Gasteiger partial charge is 0.480 e. The first kappa shape index (κ1) is 12.7. The molecular weight excluding hydrogens is 261 g/mol. The third-order valence-electron chi connectivity index (χ3n) is 3.00. The van der Waals surface area contributed by atoms with Crippen LogP contribution in [0.3, 0.4) is 0 Å². The van der Waals surface area contributed by atoms with Gasteiger partial charge in [-0.1, -0.05) is 29.3 Å². The number of carboxylic acids is 1. The summed E-state index contributed by atoms with van der Waals surface area (Å²) in [6, 6.07) is 4.29. The van der Waals surface area contributed by atoms with Crippen molar-refractivity contribution in [1.29, 1.82) is 0 Å². The molecule has 1 heterocycles. The van der Waals surface area contributed by atoms with E-state index in [0.717, 1.165) is 25.9 Å². The average Bonchev–Trinajstić information content (AvgIpc) is 2.74. The van der Waals surface area contributed by atoms with Crippen molar-refractivity contribution in [3.8, 4) is 0 Å². The van der Waals surface area contributed by atoms with E-state index < -0.39 is 12.0 Å². The highest BCUT2D eigenvalue weighted by Gasteiger charge is 2.30. The molecule has 3 nitrogen and oxygen atoms in total. The number of benzene rings is 1. The molecule has 17 heavy (non-hydrogen) atoms. The van der Waals surface area contributed by atoms with Crippen LogP contribution >= 0.6 is 23.2 Å². The lowest BCUT2D eigenvalue weighted by molar-refractivity contribution is -0.143. The Balaban J connectivity index is 2.35. The summed E-state index contributed by atoms with van der Waals surface area (Å²) in [4.78, 5) is 13.3. The molecule has 0 spiro atoms. The molecule has 0 unspecified atom stereocenters. The number of hydrogen-bond acceptors (Lipinski definition) is 2. The molecule has 0 saturated carbocycles. The monoisotopic (exact) mass is 273 g/mol. The van der Waals surface area contributed by atoms with Crippen LogP contribution < -0.4 is 0 Å². The van der Waals surface area contributed by atoms with E-state index in [1.165, 1.54) is 0 Å². The summed E-state index contributed by atoms with van der Waals surface area (Å²) in [5.74, 6) is -0.865. The zero-order valence-electron chi connectivity index (χ0n) is 9.20. The molecule has 1 N–H and O–H groups in total. The van der Waals surface area contributed by atoms with Gasteiger partial charge in [0.05, 0.1) is 0 Å². The highest BCUT2D eigenvalue weighted by molar-refractivity contribution is 6.35. The maximum absolute atomic E-state index is 11.4. The van der Waals surface area contributed by atoms with Crippen LogP contribution in [0.1, 0.15) is 24.4 Å². The van der Waals surface area contributed by atoms with E-state index in [-0.39, 0.29) is 0 Å². The summed E-state index contributed by atoms with van der Waals surface area (Å²) in [5.41, 5.74) is 0.616. The lowest BCUT2D eigenvalue weighted by Gasteiger charge is -2.24. The Morgan fingerprint density at radius 3 is 2.47 bits per heavy atom. The van der Waals surface area contributed by atoms with Crippen LogP contribution in [0.15, 0.2) is 18.2 Å². The number of nitrogens with zero attached hydrogens (tertiary/aromatic N) is 1. The standard InChI is InChI=1S/C12H13Cl2NO2/c13-8-3-4-9(10(14)7-8)11(12(16)17)15-5-1-2-6-15/h3-4,7,11H,1-2,5-6H2,(H,16,17)/t11-/m0/s1. The smallest absolute Gasteiger partial charge is 0.325 e. The van der Waals surface area contributed by atoms with Gasteiger partial charge < -0.3 is 5.11 Å². The van der Waals surface area contributed by atoms with E-state index in [1.54, 1.807) is 18.2 Å². The van der Waals surface area contributed by atoms with Gasteiger partial charge in [-0.15, -0.1) is 0 Å². The Kier molecular flexibility index (Phi) is 3.92. The molecule has 0 radical (unpaired) electrons. The van der Waals surface area contributed by atoms with E-state index in [2.05, 4.69) is 0 Å². The van der Waals surface area contributed by atoms with Gasteiger partial charge in [0.1, 0.15) is 6.04 Å². The summed E-state index contributed by atoms with van der Waals surface area (Å²) < 4.78 is 0. The van der Waals surface area contributed by atoms with Gasteiger partial charge in [0.2, 0.25) is 0 Å². The Bertz CT molecular complexity index is 431. The normalized spacial score (nSPS) is 18.2. The van der Waals surface area contributed by atoms with Crippen LogP contribution in [0.5, 0.6) is 0 Å². The van der Waals surface area contributed by atoms with E-state index in [4.69, 9.17) is 23.2 Å². The summed E-state index contributed by atoms with van der Waals surface area (Å²) in [6.45, 7) is 1.60. The number of aliphatic carboxylic acids is 1. The summed E-state index contributed by atoms with van der Waals surface area (Å²) in [7, 11) is 0. The molecule has 1 aromatic carbocycles. The van der Waals surface area contributed by atoms with Gasteiger partial charge >= 0.3 is 5.97 Å². The third-order valence-corrected chi connectivity index (χ3v) is 3.56. The predicted octanol–water partition coefficient (Wildman–Crippen LogP) is 3.21. The van der Waals surface area contributed by atoms with Crippen molar-refractivity contribution in [3.63, 3.8) is 0 Å². The fourth-order valence-electron chi connectivity index (χ4n) is 2.21. The minimum atomic E-state index is -0.865. The maximum Gasteiger partial charge on any atom is 0.325 e. The molecule has 0 aliphatic carbocycles. The number of carboxylic acid groups (broad SMARTS) is 1. The number of hydrogen-bond donors (Lipinski definition) is 1. The number of likely N-dealkylation sites (tertiary alicyclic amines) is 1. The van der Waals surface area contributed by atoms with Crippen molar-refractivity contribution in [2.24, 2.45) is 0 Å². The molecular formula is C12H13Cl2NO2. The molecule has 0 aromatic heterocycles. The lowest BCUT2D eigenvalue weighted by Crippen LogP contribution is -2.31. The van der Waals surface area contributed by atoms with Crippen molar-refractivity contribution in [3.05, 3.63) is 33.8 Å². The quantitative estimate of drug-likeness (QED) is 0.920. The van der Waals surface area contributed by atoms with Gasteiger partial charge in [0, 0.05) is 10.0 Å². The van der Waals surface area contributed by atoms with Crippen molar-refractivity contribution < 1.29 is 9.90 Å². The second-order valence-electron chi connectivity index (χ2n) is 4.15. The predicted molar refractivity (Wildman–Crippen MR) is 67.6 cm³/mol. The van der Waals surface area contributed by atoms with Crippen LogP contribution in [0.25, 0.3) is 0 Å². The van der Waals surface area contributed by atoms with E-state index >= 15 is 0 Å². The first-order valence-electron chi connectivity index (χ1n) is 5.51. The van der Waals surface area contributed by atoms with Crippen molar-refractivity contribution >= 4 is 29.2 Å². The number of carbonyl (C=O) groups is 1. The molecule has 1 saturated heterocycles. The fraction of sp³-hybridized carbons (Fsp3) is 0.417. The topological polar surface area (TPSA) is 40.5 Å². The molecule has 1 aromatic rings. The highest BCUT2D eigenvalue weighted by Crippen LogP contribution is 2.32. The van der Waals surface area contributed by atoms with E-state index in [0.29, 0.717) is 15.6 Å². The third kappa shape index (κ3) is 2.73. The van der Waals surface area contributed by atoms with Crippen molar-refractivity contribution in [2.45, 2.75) is 18.9 Å². The van der Waals surface area contributed by atoms with Gasteiger partial charge in [-0.3, -0.25) is 9.69 Å². The lowest BCUT2D eigenvalue weighted by atomic mass is 10.1. The van der Waals surface area contributed by atoms with Crippen LogP contribution in [0.4, 0.5) is 0 Å². The molecule has 0 bridgehead atoms. The number of rotatable bonds is 3. The maximum atomic E-state index is 11.4. The second kappa shape index (κ2) is 5.25. The molecule has 1 fully saturated rings. The summed E-state index contributed by atoms with van der Waals surface area (Å²) >= 11 is 11.9. The van der Waals surface area contributed by atoms with Gasteiger partial charge in [0.25, 0.3) is 0 Å². The molecule has 92 valence electrons. The highest BCUT2D eigenvalue weighted by atomic mass is 35.5. The van der Waals surface area contributed by atoms with Crippen LogP contribution in [-0.2, 0) is 4.79 Å².